The highest BCUT2D eigenvalue weighted by molar-refractivity contribution is 5.94. The van der Waals surface area contributed by atoms with Crippen molar-refractivity contribution in [3.63, 3.8) is 0 Å². The second-order valence-electron chi connectivity index (χ2n) is 5.28. The van der Waals surface area contributed by atoms with Gasteiger partial charge in [-0.2, -0.15) is 0 Å². The Hall–Kier alpha value is -1.51. The smallest absolute Gasteiger partial charge is 0.224 e. The van der Waals surface area contributed by atoms with Gasteiger partial charge in [-0.15, -0.1) is 0 Å². The number of aryl methyl sites for hydroxylation is 1. The van der Waals surface area contributed by atoms with Crippen LogP contribution in [0.25, 0.3) is 0 Å². The second-order valence-corrected chi connectivity index (χ2v) is 5.28. The molecule has 2 rings (SSSR count). The highest BCUT2D eigenvalue weighted by atomic mass is 16.1. The summed E-state index contributed by atoms with van der Waals surface area (Å²) in [5.74, 6) is 0.841. The van der Waals surface area contributed by atoms with Crippen molar-refractivity contribution in [1.82, 2.24) is 0 Å². The zero-order valence-electron chi connectivity index (χ0n) is 11.0. The molecule has 1 fully saturated rings. The van der Waals surface area contributed by atoms with Crippen LogP contribution in [0.15, 0.2) is 18.2 Å². The molecule has 0 atom stereocenters. The summed E-state index contributed by atoms with van der Waals surface area (Å²) in [4.78, 5) is 11.9. The molecule has 0 saturated heterocycles. The van der Waals surface area contributed by atoms with E-state index in [-0.39, 0.29) is 5.91 Å². The number of benzene rings is 1. The number of hydrogen-bond acceptors (Lipinski definition) is 2. The Morgan fingerprint density at radius 1 is 1.39 bits per heavy atom. The fraction of sp³-hybridized carbons (Fsp3) is 0.533. The van der Waals surface area contributed by atoms with Crippen LogP contribution in [-0.4, -0.2) is 5.91 Å². The first-order chi connectivity index (χ1) is 8.66. The van der Waals surface area contributed by atoms with E-state index < -0.39 is 0 Å². The standard InChI is InChI=1S/C15H22N2O/c1-11-5-4-8-13(16)15(11)17-14(18)10-9-12-6-2-3-7-12/h4-5,8,12H,2-3,6-7,9-10,16H2,1H3,(H,17,18). The van der Waals surface area contributed by atoms with Crippen LogP contribution in [0.3, 0.4) is 0 Å². The predicted octanol–water partition coefficient (Wildman–Crippen LogP) is 3.49. The number of nitrogen functional groups attached to an aromatic ring is 1. The van der Waals surface area contributed by atoms with Gasteiger partial charge in [-0.25, -0.2) is 0 Å². The van der Waals surface area contributed by atoms with Gasteiger partial charge >= 0.3 is 0 Å². The molecule has 1 aliphatic carbocycles. The summed E-state index contributed by atoms with van der Waals surface area (Å²) in [5.41, 5.74) is 8.31. The molecule has 3 N–H and O–H groups in total. The SMILES string of the molecule is Cc1cccc(N)c1NC(=O)CCC1CCCC1. The minimum Gasteiger partial charge on any atom is -0.397 e. The van der Waals surface area contributed by atoms with Gasteiger partial charge in [0.2, 0.25) is 5.91 Å². The lowest BCUT2D eigenvalue weighted by Crippen LogP contribution is -2.14. The zero-order valence-corrected chi connectivity index (χ0v) is 11.0. The Morgan fingerprint density at radius 2 is 2.11 bits per heavy atom. The molecule has 1 saturated carbocycles. The fourth-order valence-electron chi connectivity index (χ4n) is 2.70. The van der Waals surface area contributed by atoms with Gasteiger partial charge in [0.25, 0.3) is 0 Å². The molecule has 0 radical (unpaired) electrons. The van der Waals surface area contributed by atoms with E-state index in [4.69, 9.17) is 5.73 Å². The molecule has 0 unspecified atom stereocenters. The molecule has 1 aliphatic rings. The van der Waals surface area contributed by atoms with Gasteiger partial charge in [0.15, 0.2) is 0 Å². The number of anilines is 2. The molecule has 3 nitrogen and oxygen atoms in total. The third-order valence-electron chi connectivity index (χ3n) is 3.82. The average Bonchev–Trinajstić information content (AvgIpc) is 2.84. The first kappa shape index (κ1) is 12.9. The summed E-state index contributed by atoms with van der Waals surface area (Å²) in [6, 6.07) is 5.68. The lowest BCUT2D eigenvalue weighted by molar-refractivity contribution is -0.116. The highest BCUT2D eigenvalue weighted by Gasteiger charge is 2.16. The van der Waals surface area contributed by atoms with E-state index in [1.807, 2.05) is 25.1 Å². The molecule has 98 valence electrons. The minimum atomic E-state index is 0.0860. The van der Waals surface area contributed by atoms with Crippen molar-refractivity contribution in [2.24, 2.45) is 5.92 Å². The van der Waals surface area contributed by atoms with Crippen molar-refractivity contribution >= 4 is 17.3 Å². The maximum atomic E-state index is 11.9. The number of para-hydroxylation sites is 1. The topological polar surface area (TPSA) is 55.1 Å². The van der Waals surface area contributed by atoms with Gasteiger partial charge in [-0.05, 0) is 30.9 Å². The van der Waals surface area contributed by atoms with E-state index in [0.717, 1.165) is 23.6 Å². The molecule has 1 aromatic rings. The summed E-state index contributed by atoms with van der Waals surface area (Å²) < 4.78 is 0. The van der Waals surface area contributed by atoms with Crippen LogP contribution >= 0.6 is 0 Å². The van der Waals surface area contributed by atoms with Gasteiger partial charge in [-0.1, -0.05) is 37.8 Å². The van der Waals surface area contributed by atoms with Crippen LogP contribution in [0.2, 0.25) is 0 Å². The second kappa shape index (κ2) is 5.89. The molecule has 0 spiro atoms. The molecule has 0 heterocycles. The number of amides is 1. The number of rotatable bonds is 4. The van der Waals surface area contributed by atoms with Crippen LogP contribution in [0, 0.1) is 12.8 Å². The largest absolute Gasteiger partial charge is 0.397 e. The normalized spacial score (nSPS) is 15.8. The number of carbonyl (C=O) groups is 1. The molecule has 0 aromatic heterocycles. The Bertz CT molecular complexity index is 402. The number of hydrogen-bond donors (Lipinski definition) is 2. The maximum absolute atomic E-state index is 11.9. The van der Waals surface area contributed by atoms with E-state index in [1.54, 1.807) is 0 Å². The van der Waals surface area contributed by atoms with E-state index >= 15 is 0 Å². The Kier molecular flexibility index (Phi) is 4.24. The first-order valence-corrected chi connectivity index (χ1v) is 6.82. The van der Waals surface area contributed by atoms with Crippen molar-refractivity contribution in [1.29, 1.82) is 0 Å². The van der Waals surface area contributed by atoms with Crippen LogP contribution < -0.4 is 11.1 Å². The Labute approximate surface area is 109 Å². The van der Waals surface area contributed by atoms with Crippen molar-refractivity contribution in [2.75, 3.05) is 11.1 Å². The molecule has 18 heavy (non-hydrogen) atoms. The van der Waals surface area contributed by atoms with Gasteiger partial charge in [0.1, 0.15) is 0 Å². The van der Waals surface area contributed by atoms with E-state index in [0.29, 0.717) is 12.1 Å². The van der Waals surface area contributed by atoms with Crippen molar-refractivity contribution < 1.29 is 4.79 Å². The number of nitrogens with one attached hydrogen (secondary N) is 1. The van der Waals surface area contributed by atoms with Crippen molar-refractivity contribution in [2.45, 2.75) is 45.4 Å². The molecule has 1 aromatic carbocycles. The van der Waals surface area contributed by atoms with E-state index in [9.17, 15) is 4.79 Å². The average molecular weight is 246 g/mol. The summed E-state index contributed by atoms with van der Waals surface area (Å²) in [7, 11) is 0. The van der Waals surface area contributed by atoms with Crippen molar-refractivity contribution in [3.8, 4) is 0 Å². The first-order valence-electron chi connectivity index (χ1n) is 6.82. The quantitative estimate of drug-likeness (QED) is 0.799. The monoisotopic (exact) mass is 246 g/mol. The lowest BCUT2D eigenvalue weighted by atomic mass is 10.0. The van der Waals surface area contributed by atoms with Crippen LogP contribution in [0.4, 0.5) is 11.4 Å². The third kappa shape index (κ3) is 3.25. The Balaban J connectivity index is 1.86. The van der Waals surface area contributed by atoms with Crippen LogP contribution in [-0.2, 0) is 4.79 Å². The number of nitrogens with two attached hydrogens (primary N) is 1. The predicted molar refractivity (Wildman–Crippen MR) is 75.4 cm³/mol. The molecular formula is C15H22N2O. The van der Waals surface area contributed by atoms with Crippen LogP contribution in [0.5, 0.6) is 0 Å². The van der Waals surface area contributed by atoms with Crippen LogP contribution in [0.1, 0.15) is 44.1 Å². The summed E-state index contributed by atoms with van der Waals surface area (Å²) in [6.07, 6.45) is 6.86. The number of carbonyl (C=O) groups excluding carboxylic acids is 1. The van der Waals surface area contributed by atoms with Crippen molar-refractivity contribution in [3.05, 3.63) is 23.8 Å². The zero-order chi connectivity index (χ0) is 13.0. The molecule has 3 heteroatoms. The molecular weight excluding hydrogens is 224 g/mol. The minimum absolute atomic E-state index is 0.0860. The van der Waals surface area contributed by atoms with Gasteiger partial charge in [0, 0.05) is 6.42 Å². The van der Waals surface area contributed by atoms with Gasteiger partial charge < -0.3 is 11.1 Å². The van der Waals surface area contributed by atoms with E-state index in [1.165, 1.54) is 25.7 Å². The third-order valence-corrected chi connectivity index (χ3v) is 3.82. The maximum Gasteiger partial charge on any atom is 0.224 e. The highest BCUT2D eigenvalue weighted by Crippen LogP contribution is 2.29. The Morgan fingerprint density at radius 3 is 2.78 bits per heavy atom. The molecule has 0 bridgehead atoms. The lowest BCUT2D eigenvalue weighted by Gasteiger charge is -2.12. The summed E-state index contributed by atoms with van der Waals surface area (Å²) in [6.45, 7) is 1.96. The van der Waals surface area contributed by atoms with E-state index in [2.05, 4.69) is 5.32 Å². The summed E-state index contributed by atoms with van der Waals surface area (Å²) >= 11 is 0. The molecule has 0 aliphatic heterocycles. The van der Waals surface area contributed by atoms with Gasteiger partial charge in [0.05, 0.1) is 11.4 Å². The van der Waals surface area contributed by atoms with Gasteiger partial charge in [-0.3, -0.25) is 4.79 Å². The fourth-order valence-corrected chi connectivity index (χ4v) is 2.70. The summed E-state index contributed by atoms with van der Waals surface area (Å²) in [5, 5.41) is 2.94. The molecule has 1 amide bonds.